The zero-order valence-corrected chi connectivity index (χ0v) is 13.3. The highest BCUT2D eigenvalue weighted by Crippen LogP contribution is 2.09. The van der Waals surface area contributed by atoms with Gasteiger partial charge in [0.1, 0.15) is 11.9 Å². The van der Waals surface area contributed by atoms with E-state index in [-0.39, 0.29) is 5.78 Å². The van der Waals surface area contributed by atoms with Gasteiger partial charge in [0.15, 0.2) is 5.78 Å². The zero-order valence-electron chi connectivity index (χ0n) is 13.3. The molecule has 0 bridgehead atoms. The Balaban J connectivity index is 2.22. The lowest BCUT2D eigenvalue weighted by Crippen LogP contribution is -2.33. The standard InChI is InChI=1S/C17H23NO4/c1-17(2,3)22-16(21)18-11-5-4-6-15(20)14-9-7-13(12-19)8-10-14/h7-10,12H,4-6,11H2,1-3H3,(H,18,21). The van der Waals surface area contributed by atoms with Crippen LogP contribution in [-0.4, -0.2) is 30.3 Å². The number of aldehydes is 1. The number of hydrogen-bond acceptors (Lipinski definition) is 4. The van der Waals surface area contributed by atoms with Crippen LogP contribution in [0.3, 0.4) is 0 Å². The van der Waals surface area contributed by atoms with Crippen LogP contribution >= 0.6 is 0 Å². The second-order valence-corrected chi connectivity index (χ2v) is 6.05. The van der Waals surface area contributed by atoms with Gasteiger partial charge in [0.25, 0.3) is 0 Å². The summed E-state index contributed by atoms with van der Waals surface area (Å²) in [5.74, 6) is 0.0368. The molecule has 5 nitrogen and oxygen atoms in total. The predicted octanol–water partition coefficient (Wildman–Crippen LogP) is 3.38. The fraction of sp³-hybridized carbons (Fsp3) is 0.471. The highest BCUT2D eigenvalue weighted by molar-refractivity contribution is 5.96. The molecule has 1 amide bonds. The van der Waals surface area contributed by atoms with Crippen LogP contribution in [-0.2, 0) is 4.74 Å². The quantitative estimate of drug-likeness (QED) is 0.476. The number of Topliss-reactive ketones (excluding diaryl/α,β-unsaturated/α-hetero) is 1. The summed E-state index contributed by atoms with van der Waals surface area (Å²) < 4.78 is 5.11. The second-order valence-electron chi connectivity index (χ2n) is 6.05. The topological polar surface area (TPSA) is 72.5 Å². The number of hydrogen-bond donors (Lipinski definition) is 1. The fourth-order valence-electron chi connectivity index (χ4n) is 1.81. The van der Waals surface area contributed by atoms with Gasteiger partial charge in [-0.15, -0.1) is 0 Å². The van der Waals surface area contributed by atoms with E-state index < -0.39 is 11.7 Å². The molecule has 0 spiro atoms. The number of rotatable bonds is 7. The van der Waals surface area contributed by atoms with Gasteiger partial charge in [-0.05, 0) is 33.6 Å². The largest absolute Gasteiger partial charge is 0.444 e. The number of carbonyl (C=O) groups is 3. The van der Waals surface area contributed by atoms with Crippen molar-refractivity contribution in [3.05, 3.63) is 35.4 Å². The first-order valence-corrected chi connectivity index (χ1v) is 7.37. The van der Waals surface area contributed by atoms with Crippen molar-refractivity contribution in [1.82, 2.24) is 5.32 Å². The van der Waals surface area contributed by atoms with Gasteiger partial charge in [-0.3, -0.25) is 9.59 Å². The SMILES string of the molecule is CC(C)(C)OC(=O)NCCCCC(=O)c1ccc(C=O)cc1. The summed E-state index contributed by atoms with van der Waals surface area (Å²) in [7, 11) is 0. The lowest BCUT2D eigenvalue weighted by atomic mass is 10.0. The van der Waals surface area contributed by atoms with Gasteiger partial charge in [-0.1, -0.05) is 24.3 Å². The third-order valence-electron chi connectivity index (χ3n) is 2.87. The van der Waals surface area contributed by atoms with Crippen molar-refractivity contribution in [3.63, 3.8) is 0 Å². The number of nitrogens with one attached hydrogen (secondary N) is 1. The lowest BCUT2D eigenvalue weighted by Gasteiger charge is -2.19. The molecule has 0 unspecified atom stereocenters. The third kappa shape index (κ3) is 7.02. The first-order valence-electron chi connectivity index (χ1n) is 7.37. The van der Waals surface area contributed by atoms with E-state index >= 15 is 0 Å². The number of ether oxygens (including phenoxy) is 1. The maximum absolute atomic E-state index is 11.9. The van der Waals surface area contributed by atoms with E-state index in [0.717, 1.165) is 6.29 Å². The third-order valence-corrected chi connectivity index (χ3v) is 2.87. The molecule has 0 aromatic heterocycles. The summed E-state index contributed by atoms with van der Waals surface area (Å²) in [4.78, 5) is 33.9. The lowest BCUT2D eigenvalue weighted by molar-refractivity contribution is 0.0527. The Morgan fingerprint density at radius 2 is 1.77 bits per heavy atom. The van der Waals surface area contributed by atoms with Crippen LogP contribution in [0.15, 0.2) is 24.3 Å². The molecule has 0 aliphatic rings. The fourth-order valence-corrected chi connectivity index (χ4v) is 1.81. The van der Waals surface area contributed by atoms with E-state index in [1.54, 1.807) is 45.0 Å². The van der Waals surface area contributed by atoms with Gasteiger partial charge in [0.05, 0.1) is 0 Å². The van der Waals surface area contributed by atoms with Crippen LogP contribution < -0.4 is 5.32 Å². The maximum Gasteiger partial charge on any atom is 0.407 e. The summed E-state index contributed by atoms with van der Waals surface area (Å²) in [6.07, 6.45) is 2.11. The molecule has 0 radical (unpaired) electrons. The van der Waals surface area contributed by atoms with Crippen molar-refractivity contribution in [1.29, 1.82) is 0 Å². The van der Waals surface area contributed by atoms with Crippen molar-refractivity contribution in [3.8, 4) is 0 Å². The number of unbranched alkanes of at least 4 members (excludes halogenated alkanes) is 1. The molecule has 5 heteroatoms. The van der Waals surface area contributed by atoms with Crippen molar-refractivity contribution in [2.45, 2.75) is 45.6 Å². The molecule has 1 rings (SSSR count). The van der Waals surface area contributed by atoms with Crippen molar-refractivity contribution < 1.29 is 19.1 Å². The van der Waals surface area contributed by atoms with E-state index in [0.29, 0.717) is 36.9 Å². The first-order chi connectivity index (χ1) is 10.3. The summed E-state index contributed by atoms with van der Waals surface area (Å²) >= 11 is 0. The molecule has 1 aromatic carbocycles. The van der Waals surface area contributed by atoms with Gasteiger partial charge >= 0.3 is 6.09 Å². The molecule has 0 aliphatic carbocycles. The van der Waals surface area contributed by atoms with Crippen molar-refractivity contribution in [2.24, 2.45) is 0 Å². The highest BCUT2D eigenvalue weighted by Gasteiger charge is 2.15. The summed E-state index contributed by atoms with van der Waals surface area (Å²) in [5, 5.41) is 2.66. The zero-order chi connectivity index (χ0) is 16.6. The average Bonchev–Trinajstić information content (AvgIpc) is 2.45. The molecule has 0 saturated carbocycles. The molecule has 0 fully saturated rings. The normalized spacial score (nSPS) is 10.9. The molecule has 1 aromatic rings. The molecule has 22 heavy (non-hydrogen) atoms. The van der Waals surface area contributed by atoms with Gasteiger partial charge in [-0.25, -0.2) is 4.79 Å². The number of ketones is 1. The van der Waals surface area contributed by atoms with Crippen LogP contribution in [0.4, 0.5) is 4.79 Å². The first kappa shape index (κ1) is 17.9. The van der Waals surface area contributed by atoms with Crippen LogP contribution in [0, 0.1) is 0 Å². The van der Waals surface area contributed by atoms with Crippen LogP contribution in [0.25, 0.3) is 0 Å². The number of carbonyl (C=O) groups excluding carboxylic acids is 3. The predicted molar refractivity (Wildman–Crippen MR) is 84.2 cm³/mol. The Hall–Kier alpha value is -2.17. The molecule has 0 saturated heterocycles. The Labute approximate surface area is 131 Å². The van der Waals surface area contributed by atoms with E-state index in [2.05, 4.69) is 5.32 Å². The molecular formula is C17H23NO4. The van der Waals surface area contributed by atoms with Crippen molar-refractivity contribution in [2.75, 3.05) is 6.54 Å². The van der Waals surface area contributed by atoms with E-state index in [9.17, 15) is 14.4 Å². The Morgan fingerprint density at radius 3 is 2.32 bits per heavy atom. The summed E-state index contributed by atoms with van der Waals surface area (Å²) in [6, 6.07) is 6.57. The maximum atomic E-state index is 11.9. The minimum Gasteiger partial charge on any atom is -0.444 e. The molecule has 120 valence electrons. The van der Waals surface area contributed by atoms with Gasteiger partial charge in [0.2, 0.25) is 0 Å². The minimum atomic E-state index is -0.506. The summed E-state index contributed by atoms with van der Waals surface area (Å²) in [6.45, 7) is 5.90. The molecule has 0 heterocycles. The van der Waals surface area contributed by atoms with Crippen LogP contribution in [0.1, 0.15) is 60.7 Å². The van der Waals surface area contributed by atoms with Gasteiger partial charge < -0.3 is 10.1 Å². The minimum absolute atomic E-state index is 0.0368. The molecule has 1 N–H and O–H groups in total. The summed E-state index contributed by atoms with van der Waals surface area (Å²) in [5.41, 5.74) is 0.650. The Bertz CT molecular complexity index is 514. The number of alkyl carbamates (subject to hydrolysis) is 1. The Morgan fingerprint density at radius 1 is 1.14 bits per heavy atom. The van der Waals surface area contributed by atoms with E-state index in [1.807, 2.05) is 0 Å². The Kier molecular flexibility index (Phi) is 6.76. The number of amides is 1. The smallest absolute Gasteiger partial charge is 0.407 e. The second kappa shape index (κ2) is 8.32. The van der Waals surface area contributed by atoms with Crippen molar-refractivity contribution >= 4 is 18.2 Å². The van der Waals surface area contributed by atoms with E-state index in [4.69, 9.17) is 4.74 Å². The van der Waals surface area contributed by atoms with E-state index in [1.165, 1.54) is 0 Å². The average molecular weight is 305 g/mol. The highest BCUT2D eigenvalue weighted by atomic mass is 16.6. The van der Waals surface area contributed by atoms with Gasteiger partial charge in [-0.2, -0.15) is 0 Å². The number of benzene rings is 1. The van der Waals surface area contributed by atoms with Gasteiger partial charge in [0, 0.05) is 24.1 Å². The van der Waals surface area contributed by atoms with Crippen LogP contribution in [0.2, 0.25) is 0 Å². The monoisotopic (exact) mass is 305 g/mol. The van der Waals surface area contributed by atoms with Crippen LogP contribution in [0.5, 0.6) is 0 Å². The molecule has 0 atom stereocenters. The molecule has 0 aliphatic heterocycles. The molecular weight excluding hydrogens is 282 g/mol.